The van der Waals surface area contributed by atoms with Gasteiger partial charge in [0.25, 0.3) is 0 Å². The van der Waals surface area contributed by atoms with Gasteiger partial charge in [-0.3, -0.25) is 5.14 Å². The number of aromatic nitrogens is 2. The van der Waals surface area contributed by atoms with Gasteiger partial charge in [0.05, 0.1) is 18.5 Å². The van der Waals surface area contributed by atoms with Crippen LogP contribution < -0.4 is 10.0 Å². The monoisotopic (exact) mass is 258 g/mol. The van der Waals surface area contributed by atoms with E-state index in [0.717, 1.165) is 13.0 Å². The second-order valence-corrected chi connectivity index (χ2v) is 4.90. The van der Waals surface area contributed by atoms with E-state index in [1.54, 1.807) is 7.11 Å². The lowest BCUT2D eigenvalue weighted by atomic mass is 10.1. The van der Waals surface area contributed by atoms with E-state index in [9.17, 15) is 4.39 Å². The minimum absolute atomic E-state index is 0.110. The molecule has 1 fully saturated rings. The fraction of sp³-hybridized carbons (Fsp3) is 0.600. The van der Waals surface area contributed by atoms with Gasteiger partial charge in [0.1, 0.15) is 0 Å². The average Bonchev–Trinajstić information content (AvgIpc) is 2.39. The third-order valence-corrected chi connectivity index (χ3v) is 3.52. The molecule has 1 saturated heterocycles. The van der Waals surface area contributed by atoms with Crippen molar-refractivity contribution < 1.29 is 9.13 Å². The molecule has 2 heterocycles. The Kier molecular flexibility index (Phi) is 4.14. The van der Waals surface area contributed by atoms with Gasteiger partial charge in [-0.05, 0) is 6.42 Å². The molecule has 0 aliphatic carbocycles. The van der Waals surface area contributed by atoms with Gasteiger partial charge in [-0.25, -0.2) is 14.4 Å². The summed E-state index contributed by atoms with van der Waals surface area (Å²) in [4.78, 5) is 9.92. The van der Waals surface area contributed by atoms with Gasteiger partial charge in [0.15, 0.2) is 5.82 Å². The molecular formula is C10H15FN4OS. The van der Waals surface area contributed by atoms with Crippen molar-refractivity contribution in [3.8, 4) is 0 Å². The molecule has 1 aromatic rings. The van der Waals surface area contributed by atoms with Gasteiger partial charge in [0, 0.05) is 25.4 Å². The molecule has 1 aliphatic rings. The Morgan fingerprint density at radius 3 is 2.76 bits per heavy atom. The standard InChI is InChI=1S/C10H15FN4OS/c1-16-8-2-9(17-12)6-15(5-8)10-13-3-7(11)4-14-10/h3-4,8-9H,2,5-6,12H2,1H3/t8?,9-/m0/s1. The first kappa shape index (κ1) is 12.5. The molecule has 0 amide bonds. The van der Waals surface area contributed by atoms with Gasteiger partial charge >= 0.3 is 0 Å². The number of ether oxygens (including phenoxy) is 1. The van der Waals surface area contributed by atoms with E-state index < -0.39 is 5.82 Å². The molecule has 17 heavy (non-hydrogen) atoms. The van der Waals surface area contributed by atoms with Crippen LogP contribution in [0.2, 0.25) is 0 Å². The Morgan fingerprint density at radius 2 is 2.18 bits per heavy atom. The highest BCUT2D eigenvalue weighted by Gasteiger charge is 2.28. The molecule has 1 unspecified atom stereocenters. The molecule has 5 nitrogen and oxygen atoms in total. The summed E-state index contributed by atoms with van der Waals surface area (Å²) < 4.78 is 18.1. The summed E-state index contributed by atoms with van der Waals surface area (Å²) in [6.07, 6.45) is 3.36. The van der Waals surface area contributed by atoms with Crippen molar-refractivity contribution in [1.29, 1.82) is 0 Å². The number of hydrogen-bond acceptors (Lipinski definition) is 6. The summed E-state index contributed by atoms with van der Waals surface area (Å²) in [5.74, 6) is 0.0889. The highest BCUT2D eigenvalue weighted by Crippen LogP contribution is 2.23. The summed E-state index contributed by atoms with van der Waals surface area (Å²) in [6.45, 7) is 1.46. The lowest BCUT2D eigenvalue weighted by molar-refractivity contribution is 0.0907. The van der Waals surface area contributed by atoms with E-state index in [2.05, 4.69) is 9.97 Å². The molecule has 0 aromatic carbocycles. The molecule has 1 aliphatic heterocycles. The molecule has 0 bridgehead atoms. The molecule has 0 saturated carbocycles. The zero-order chi connectivity index (χ0) is 12.3. The summed E-state index contributed by atoms with van der Waals surface area (Å²) in [5.41, 5.74) is 0. The van der Waals surface area contributed by atoms with Crippen molar-refractivity contribution in [2.75, 3.05) is 25.1 Å². The SMILES string of the molecule is COC1C[C@H](SN)CN(c2ncc(F)cn2)C1. The van der Waals surface area contributed by atoms with Crippen LogP contribution in [0.15, 0.2) is 12.4 Å². The van der Waals surface area contributed by atoms with Crippen LogP contribution in [0.4, 0.5) is 10.3 Å². The van der Waals surface area contributed by atoms with Crippen LogP contribution in [0.3, 0.4) is 0 Å². The number of halogens is 1. The van der Waals surface area contributed by atoms with Gasteiger partial charge in [-0.2, -0.15) is 0 Å². The minimum Gasteiger partial charge on any atom is -0.380 e. The first-order chi connectivity index (χ1) is 8.22. The summed E-state index contributed by atoms with van der Waals surface area (Å²) >= 11 is 1.32. The lowest BCUT2D eigenvalue weighted by Crippen LogP contribution is -2.46. The predicted molar refractivity (Wildman–Crippen MR) is 65.2 cm³/mol. The number of nitrogens with two attached hydrogens (primary N) is 1. The van der Waals surface area contributed by atoms with Crippen LogP contribution in [0, 0.1) is 5.82 Å². The largest absolute Gasteiger partial charge is 0.380 e. The second kappa shape index (κ2) is 5.61. The Hall–Kier alpha value is -0.920. The summed E-state index contributed by atoms with van der Waals surface area (Å²) in [7, 11) is 1.68. The first-order valence-corrected chi connectivity index (χ1v) is 6.28. The fourth-order valence-corrected chi connectivity index (χ4v) is 2.50. The van der Waals surface area contributed by atoms with E-state index in [1.807, 2.05) is 4.90 Å². The van der Waals surface area contributed by atoms with Crippen LogP contribution in [-0.4, -0.2) is 41.5 Å². The van der Waals surface area contributed by atoms with Crippen molar-refractivity contribution in [3.63, 3.8) is 0 Å². The maximum absolute atomic E-state index is 12.7. The van der Waals surface area contributed by atoms with Crippen LogP contribution >= 0.6 is 11.9 Å². The third kappa shape index (κ3) is 3.05. The molecule has 94 valence electrons. The average molecular weight is 258 g/mol. The number of rotatable bonds is 3. The second-order valence-electron chi connectivity index (χ2n) is 3.96. The zero-order valence-corrected chi connectivity index (χ0v) is 10.4. The lowest BCUT2D eigenvalue weighted by Gasteiger charge is -2.36. The number of anilines is 1. The van der Waals surface area contributed by atoms with E-state index >= 15 is 0 Å². The number of methoxy groups -OCH3 is 1. The van der Waals surface area contributed by atoms with Crippen molar-refractivity contribution >= 4 is 17.9 Å². The van der Waals surface area contributed by atoms with E-state index in [4.69, 9.17) is 9.88 Å². The highest BCUT2D eigenvalue weighted by molar-refractivity contribution is 7.97. The Balaban J connectivity index is 2.11. The van der Waals surface area contributed by atoms with Gasteiger partial charge in [0.2, 0.25) is 5.95 Å². The van der Waals surface area contributed by atoms with Crippen molar-refractivity contribution in [1.82, 2.24) is 9.97 Å². The first-order valence-electron chi connectivity index (χ1n) is 5.33. The van der Waals surface area contributed by atoms with Gasteiger partial charge < -0.3 is 9.64 Å². The number of hydrogen-bond donors (Lipinski definition) is 1. The molecule has 7 heteroatoms. The Labute approximate surface area is 104 Å². The Bertz CT molecular complexity index is 352. The van der Waals surface area contributed by atoms with Crippen LogP contribution in [0.25, 0.3) is 0 Å². The van der Waals surface area contributed by atoms with Crippen LogP contribution in [0.5, 0.6) is 0 Å². The van der Waals surface area contributed by atoms with E-state index in [0.29, 0.717) is 12.5 Å². The molecule has 1 aromatic heterocycles. The molecule has 0 radical (unpaired) electrons. The maximum atomic E-state index is 12.7. The number of piperidine rings is 1. The molecule has 2 atom stereocenters. The van der Waals surface area contributed by atoms with E-state index in [-0.39, 0.29) is 11.4 Å². The highest BCUT2D eigenvalue weighted by atomic mass is 32.2. The Morgan fingerprint density at radius 1 is 1.47 bits per heavy atom. The third-order valence-electron chi connectivity index (χ3n) is 2.79. The molecule has 2 N–H and O–H groups in total. The van der Waals surface area contributed by atoms with Gasteiger partial charge in [-0.1, -0.05) is 11.9 Å². The predicted octanol–water partition coefficient (Wildman–Crippen LogP) is 0.816. The molecule has 2 rings (SSSR count). The van der Waals surface area contributed by atoms with Crippen LogP contribution in [-0.2, 0) is 4.74 Å². The molecule has 0 spiro atoms. The zero-order valence-electron chi connectivity index (χ0n) is 9.54. The van der Waals surface area contributed by atoms with E-state index in [1.165, 1.54) is 24.3 Å². The molecular weight excluding hydrogens is 243 g/mol. The fourth-order valence-electron chi connectivity index (χ4n) is 1.91. The normalized spacial score (nSPS) is 25.0. The van der Waals surface area contributed by atoms with Crippen molar-refractivity contribution in [3.05, 3.63) is 18.2 Å². The van der Waals surface area contributed by atoms with Gasteiger partial charge in [-0.15, -0.1) is 0 Å². The number of nitrogens with zero attached hydrogens (tertiary/aromatic N) is 3. The van der Waals surface area contributed by atoms with Crippen molar-refractivity contribution in [2.45, 2.75) is 17.8 Å². The smallest absolute Gasteiger partial charge is 0.225 e. The maximum Gasteiger partial charge on any atom is 0.225 e. The quantitative estimate of drug-likeness (QED) is 0.810. The van der Waals surface area contributed by atoms with Crippen LogP contribution in [0.1, 0.15) is 6.42 Å². The minimum atomic E-state index is -0.432. The topological polar surface area (TPSA) is 64.3 Å². The van der Waals surface area contributed by atoms with Crippen molar-refractivity contribution in [2.24, 2.45) is 5.14 Å². The summed E-state index contributed by atoms with van der Waals surface area (Å²) in [6, 6.07) is 0. The summed E-state index contributed by atoms with van der Waals surface area (Å²) in [5, 5.41) is 5.90.